The van der Waals surface area contributed by atoms with Crippen LogP contribution in [-0.4, -0.2) is 23.3 Å². The first-order valence-corrected chi connectivity index (χ1v) is 10.6. The Morgan fingerprint density at radius 1 is 1.21 bits per heavy atom. The number of rotatable bonds is 8. The van der Waals surface area contributed by atoms with E-state index in [4.69, 9.17) is 4.42 Å². The number of aryl methyl sites for hydroxylation is 1. The summed E-state index contributed by atoms with van der Waals surface area (Å²) in [6.45, 7) is 3.00. The van der Waals surface area contributed by atoms with Crippen LogP contribution in [0.5, 0.6) is 0 Å². The van der Waals surface area contributed by atoms with E-state index in [1.165, 1.54) is 17.0 Å². The summed E-state index contributed by atoms with van der Waals surface area (Å²) in [5.74, 6) is -0.341. The van der Waals surface area contributed by atoms with Gasteiger partial charge in [-0.15, -0.1) is 11.3 Å². The lowest BCUT2D eigenvalue weighted by Gasteiger charge is -2.21. The van der Waals surface area contributed by atoms with Crippen molar-refractivity contribution in [2.45, 2.75) is 26.4 Å². The lowest BCUT2D eigenvalue weighted by Crippen LogP contribution is -2.33. The summed E-state index contributed by atoms with van der Waals surface area (Å²) >= 11 is 4.88. The van der Waals surface area contributed by atoms with Crippen LogP contribution in [0, 0.1) is 12.7 Å². The highest BCUT2D eigenvalue weighted by atomic mass is 79.9. The van der Waals surface area contributed by atoms with Crippen molar-refractivity contribution in [3.05, 3.63) is 80.1 Å². The fourth-order valence-corrected chi connectivity index (χ4v) is 4.12. The SMILES string of the molecule is Cc1ccc(CN(Cc2ccco2)C(=O)CCNC(=O)c2cc(F)ccc2Br)s1. The van der Waals surface area contributed by atoms with E-state index in [9.17, 15) is 14.0 Å². The molecule has 0 aliphatic carbocycles. The topological polar surface area (TPSA) is 62.6 Å². The zero-order chi connectivity index (χ0) is 20.8. The lowest BCUT2D eigenvalue weighted by atomic mass is 10.2. The first-order valence-electron chi connectivity index (χ1n) is 9.01. The molecule has 0 spiro atoms. The molecule has 0 aliphatic heterocycles. The van der Waals surface area contributed by atoms with Crippen molar-refractivity contribution in [2.75, 3.05) is 6.54 Å². The van der Waals surface area contributed by atoms with E-state index < -0.39 is 11.7 Å². The number of carbonyl (C=O) groups excluding carboxylic acids is 2. The summed E-state index contributed by atoms with van der Waals surface area (Å²) in [7, 11) is 0. The molecule has 29 heavy (non-hydrogen) atoms. The molecule has 3 rings (SSSR count). The van der Waals surface area contributed by atoms with Crippen LogP contribution in [0.2, 0.25) is 0 Å². The van der Waals surface area contributed by atoms with E-state index >= 15 is 0 Å². The normalized spacial score (nSPS) is 10.7. The number of carbonyl (C=O) groups is 2. The Labute approximate surface area is 180 Å². The predicted octanol–water partition coefficient (Wildman–Crippen LogP) is 4.90. The van der Waals surface area contributed by atoms with Crippen molar-refractivity contribution in [3.8, 4) is 0 Å². The Morgan fingerprint density at radius 2 is 2.03 bits per heavy atom. The summed E-state index contributed by atoms with van der Waals surface area (Å²) in [5, 5.41) is 2.68. The molecule has 1 aromatic carbocycles. The number of amides is 2. The number of thiophene rings is 1. The molecular weight excluding hydrogens is 459 g/mol. The summed E-state index contributed by atoms with van der Waals surface area (Å²) in [6.07, 6.45) is 1.70. The Bertz CT molecular complexity index is 988. The zero-order valence-electron chi connectivity index (χ0n) is 15.8. The lowest BCUT2D eigenvalue weighted by molar-refractivity contribution is -0.132. The van der Waals surface area contributed by atoms with E-state index in [0.29, 0.717) is 23.3 Å². The van der Waals surface area contributed by atoms with Crippen LogP contribution in [0.15, 0.2) is 57.6 Å². The van der Waals surface area contributed by atoms with Crippen LogP contribution in [0.3, 0.4) is 0 Å². The van der Waals surface area contributed by atoms with Crippen LogP contribution in [0.25, 0.3) is 0 Å². The number of furan rings is 1. The van der Waals surface area contributed by atoms with Crippen molar-refractivity contribution >= 4 is 39.1 Å². The minimum Gasteiger partial charge on any atom is -0.467 e. The van der Waals surface area contributed by atoms with Gasteiger partial charge in [-0.05, 0) is 65.3 Å². The third-order valence-electron chi connectivity index (χ3n) is 4.22. The molecule has 0 unspecified atom stereocenters. The summed E-state index contributed by atoms with van der Waals surface area (Å²) in [5.41, 5.74) is 0.193. The van der Waals surface area contributed by atoms with Crippen molar-refractivity contribution in [1.82, 2.24) is 10.2 Å². The average Bonchev–Trinajstić information content (AvgIpc) is 3.34. The van der Waals surface area contributed by atoms with Crippen molar-refractivity contribution in [1.29, 1.82) is 0 Å². The van der Waals surface area contributed by atoms with Gasteiger partial charge in [-0.3, -0.25) is 9.59 Å². The first-order chi connectivity index (χ1) is 13.9. The van der Waals surface area contributed by atoms with Crippen molar-refractivity contribution in [2.24, 2.45) is 0 Å². The van der Waals surface area contributed by atoms with E-state index in [0.717, 1.165) is 10.9 Å². The molecule has 2 amide bonds. The van der Waals surface area contributed by atoms with E-state index in [1.807, 2.05) is 25.1 Å². The number of nitrogens with one attached hydrogen (secondary N) is 1. The van der Waals surface area contributed by atoms with Gasteiger partial charge < -0.3 is 14.6 Å². The Kier molecular flexibility index (Phi) is 7.22. The molecule has 152 valence electrons. The molecule has 0 aliphatic rings. The Balaban J connectivity index is 1.60. The summed E-state index contributed by atoms with van der Waals surface area (Å²) < 4.78 is 19.3. The van der Waals surface area contributed by atoms with Crippen molar-refractivity contribution < 1.29 is 18.4 Å². The first kappa shape index (κ1) is 21.3. The van der Waals surface area contributed by atoms with E-state index in [-0.39, 0.29) is 24.4 Å². The molecule has 3 aromatic rings. The Morgan fingerprint density at radius 3 is 2.72 bits per heavy atom. The van der Waals surface area contributed by atoms with Crippen LogP contribution in [0.4, 0.5) is 4.39 Å². The molecule has 8 heteroatoms. The monoisotopic (exact) mass is 478 g/mol. The largest absolute Gasteiger partial charge is 0.467 e. The quantitative estimate of drug-likeness (QED) is 0.500. The molecule has 0 saturated heterocycles. The highest BCUT2D eigenvalue weighted by Gasteiger charge is 2.18. The van der Waals surface area contributed by atoms with Gasteiger partial charge in [0.15, 0.2) is 0 Å². The van der Waals surface area contributed by atoms with E-state index in [1.54, 1.807) is 28.6 Å². The van der Waals surface area contributed by atoms with Gasteiger partial charge in [0.25, 0.3) is 5.91 Å². The number of hydrogen-bond acceptors (Lipinski definition) is 4. The average molecular weight is 479 g/mol. The van der Waals surface area contributed by atoms with Gasteiger partial charge in [0.05, 0.1) is 24.9 Å². The van der Waals surface area contributed by atoms with Gasteiger partial charge in [-0.1, -0.05) is 0 Å². The van der Waals surface area contributed by atoms with Gasteiger partial charge in [-0.25, -0.2) is 4.39 Å². The maximum atomic E-state index is 13.4. The van der Waals surface area contributed by atoms with E-state index in [2.05, 4.69) is 21.2 Å². The van der Waals surface area contributed by atoms with Gasteiger partial charge in [-0.2, -0.15) is 0 Å². The molecule has 0 bridgehead atoms. The second-order valence-electron chi connectivity index (χ2n) is 6.47. The van der Waals surface area contributed by atoms with Crippen molar-refractivity contribution in [3.63, 3.8) is 0 Å². The van der Waals surface area contributed by atoms with Gasteiger partial charge in [0.2, 0.25) is 5.91 Å². The molecule has 5 nitrogen and oxygen atoms in total. The highest BCUT2D eigenvalue weighted by molar-refractivity contribution is 9.10. The third-order valence-corrected chi connectivity index (χ3v) is 5.90. The maximum absolute atomic E-state index is 13.4. The third kappa shape index (κ3) is 6.01. The molecular formula is C21H20BrFN2O3S. The van der Waals surface area contributed by atoms with Crippen LogP contribution in [-0.2, 0) is 17.9 Å². The number of nitrogens with zero attached hydrogens (tertiary/aromatic N) is 1. The fraction of sp³-hybridized carbons (Fsp3) is 0.238. The second-order valence-corrected chi connectivity index (χ2v) is 8.70. The summed E-state index contributed by atoms with van der Waals surface area (Å²) in [4.78, 5) is 29.0. The fourth-order valence-electron chi connectivity index (χ4n) is 2.79. The van der Waals surface area contributed by atoms with Crippen LogP contribution >= 0.6 is 27.3 Å². The molecule has 0 fully saturated rings. The summed E-state index contributed by atoms with van der Waals surface area (Å²) in [6, 6.07) is 11.5. The number of halogens is 2. The zero-order valence-corrected chi connectivity index (χ0v) is 18.2. The molecule has 0 radical (unpaired) electrons. The molecule has 0 atom stereocenters. The molecule has 2 aromatic heterocycles. The number of benzene rings is 1. The minimum absolute atomic E-state index is 0.105. The number of hydrogen-bond donors (Lipinski definition) is 1. The maximum Gasteiger partial charge on any atom is 0.252 e. The van der Waals surface area contributed by atoms with Gasteiger partial charge >= 0.3 is 0 Å². The molecule has 0 saturated carbocycles. The molecule has 1 N–H and O–H groups in total. The predicted molar refractivity (Wildman–Crippen MR) is 113 cm³/mol. The van der Waals surface area contributed by atoms with Crippen LogP contribution in [0.1, 0.15) is 32.3 Å². The minimum atomic E-state index is -0.495. The smallest absolute Gasteiger partial charge is 0.252 e. The van der Waals surface area contributed by atoms with Crippen LogP contribution < -0.4 is 5.32 Å². The van der Waals surface area contributed by atoms with Gasteiger partial charge in [0.1, 0.15) is 11.6 Å². The van der Waals surface area contributed by atoms with Gasteiger partial charge in [0, 0.05) is 27.2 Å². The second kappa shape index (κ2) is 9.84. The Hall–Kier alpha value is -2.45. The standard InChI is InChI=1S/C21H20BrFN2O3S/c1-14-4-6-17(29-14)13-25(12-16-3-2-10-28-16)20(26)8-9-24-21(27)18-11-15(23)5-7-19(18)22/h2-7,10-11H,8-9,12-13H2,1H3,(H,24,27). The molecule has 2 heterocycles. The highest BCUT2D eigenvalue weighted by Crippen LogP contribution is 2.20.